The number of hydrogen-bond acceptors (Lipinski definition) is 2. The van der Waals surface area contributed by atoms with Crippen LogP contribution in [0.2, 0.25) is 0 Å². The number of hydrogen-bond donors (Lipinski definition) is 2. The van der Waals surface area contributed by atoms with Crippen LogP contribution in [0.25, 0.3) is 0 Å². The van der Waals surface area contributed by atoms with E-state index in [0.29, 0.717) is 5.56 Å². The van der Waals surface area contributed by atoms with Gasteiger partial charge in [0.05, 0.1) is 6.10 Å². The van der Waals surface area contributed by atoms with Gasteiger partial charge in [0.2, 0.25) is 0 Å². The Labute approximate surface area is 131 Å². The summed E-state index contributed by atoms with van der Waals surface area (Å²) >= 11 is 6.70. The monoisotopic (exact) mass is 391 g/mol. The first kappa shape index (κ1) is 16.7. The van der Waals surface area contributed by atoms with Gasteiger partial charge in [-0.25, -0.2) is 0 Å². The molecule has 5 heteroatoms. The maximum Gasteiger partial charge on any atom is 0.251 e. The van der Waals surface area contributed by atoms with Gasteiger partial charge in [-0.2, -0.15) is 0 Å². The minimum Gasteiger partial charge on any atom is -0.391 e. The Balaban J connectivity index is 2.60. The first-order chi connectivity index (χ1) is 8.97. The summed E-state index contributed by atoms with van der Waals surface area (Å²) in [7, 11) is 0. The van der Waals surface area contributed by atoms with E-state index in [1.807, 2.05) is 19.9 Å². The lowest BCUT2D eigenvalue weighted by atomic mass is 9.96. The van der Waals surface area contributed by atoms with Crippen molar-refractivity contribution >= 4 is 37.8 Å². The van der Waals surface area contributed by atoms with E-state index in [0.717, 1.165) is 21.8 Å². The van der Waals surface area contributed by atoms with Gasteiger partial charge >= 0.3 is 0 Å². The molecule has 1 atom stereocenters. The fourth-order valence-corrected chi connectivity index (χ4v) is 3.28. The van der Waals surface area contributed by atoms with Gasteiger partial charge in [0, 0.05) is 21.1 Å². The second-order valence-corrected chi connectivity index (χ2v) is 6.34. The number of aliphatic hydroxyl groups is 1. The molecule has 0 radical (unpaired) electrons. The summed E-state index contributed by atoms with van der Waals surface area (Å²) in [6.45, 7) is 4.38. The zero-order valence-corrected chi connectivity index (χ0v) is 14.3. The number of nitrogens with one attached hydrogen (secondary N) is 1. The van der Waals surface area contributed by atoms with E-state index in [1.165, 1.54) is 0 Å². The molecule has 0 aliphatic heterocycles. The fraction of sp³-hybridized carbons (Fsp3) is 0.500. The standard InChI is InChI=1S/C14H19Br2NO2/c1-3-9(4-2)13(18)8-17-14(19)10-5-11(15)7-12(16)6-10/h5-7,9,13,18H,3-4,8H2,1-2H3,(H,17,19). The van der Waals surface area contributed by atoms with Gasteiger partial charge in [-0.15, -0.1) is 0 Å². The lowest BCUT2D eigenvalue weighted by Gasteiger charge is -2.20. The summed E-state index contributed by atoms with van der Waals surface area (Å²) in [5.41, 5.74) is 0.568. The van der Waals surface area contributed by atoms with Crippen molar-refractivity contribution in [2.75, 3.05) is 6.54 Å². The van der Waals surface area contributed by atoms with Crippen LogP contribution in [0.3, 0.4) is 0 Å². The second-order valence-electron chi connectivity index (χ2n) is 4.51. The van der Waals surface area contributed by atoms with Crippen LogP contribution in [-0.4, -0.2) is 23.7 Å². The van der Waals surface area contributed by atoms with Gasteiger partial charge in [-0.1, -0.05) is 58.5 Å². The Kier molecular flexibility index (Phi) is 7.04. The smallest absolute Gasteiger partial charge is 0.251 e. The van der Waals surface area contributed by atoms with Gasteiger partial charge in [0.25, 0.3) is 5.91 Å². The fourth-order valence-electron chi connectivity index (χ4n) is 1.98. The molecular weight excluding hydrogens is 374 g/mol. The maximum atomic E-state index is 12.0. The summed E-state index contributed by atoms with van der Waals surface area (Å²) in [5.74, 6) is 0.0570. The van der Waals surface area contributed by atoms with E-state index < -0.39 is 6.10 Å². The number of benzene rings is 1. The van der Waals surface area contributed by atoms with Crippen LogP contribution >= 0.6 is 31.9 Å². The summed E-state index contributed by atoms with van der Waals surface area (Å²) in [4.78, 5) is 12.0. The maximum absolute atomic E-state index is 12.0. The molecule has 0 aliphatic carbocycles. The molecule has 106 valence electrons. The molecular formula is C14H19Br2NO2. The van der Waals surface area contributed by atoms with E-state index in [-0.39, 0.29) is 18.4 Å². The molecule has 1 unspecified atom stereocenters. The molecule has 19 heavy (non-hydrogen) atoms. The highest BCUT2D eigenvalue weighted by molar-refractivity contribution is 9.11. The molecule has 2 N–H and O–H groups in total. The zero-order valence-electron chi connectivity index (χ0n) is 11.1. The Morgan fingerprint density at radius 2 is 1.74 bits per heavy atom. The van der Waals surface area contributed by atoms with E-state index in [9.17, 15) is 9.90 Å². The summed E-state index contributed by atoms with van der Waals surface area (Å²) in [6.07, 6.45) is 1.33. The van der Waals surface area contributed by atoms with Gasteiger partial charge < -0.3 is 10.4 Å². The Morgan fingerprint density at radius 1 is 1.21 bits per heavy atom. The molecule has 1 rings (SSSR count). The SMILES string of the molecule is CCC(CC)C(O)CNC(=O)c1cc(Br)cc(Br)c1. The third-order valence-corrected chi connectivity index (χ3v) is 4.11. The van der Waals surface area contributed by atoms with Gasteiger partial charge in [-0.3, -0.25) is 4.79 Å². The third kappa shape index (κ3) is 5.24. The van der Waals surface area contributed by atoms with Crippen LogP contribution in [0.5, 0.6) is 0 Å². The van der Waals surface area contributed by atoms with Crippen LogP contribution in [0.15, 0.2) is 27.1 Å². The quantitative estimate of drug-likeness (QED) is 0.774. The largest absolute Gasteiger partial charge is 0.391 e. The minimum absolute atomic E-state index is 0.174. The van der Waals surface area contributed by atoms with Gasteiger partial charge in [0.1, 0.15) is 0 Å². The Hall–Kier alpha value is -0.390. The topological polar surface area (TPSA) is 49.3 Å². The molecule has 0 saturated carbocycles. The van der Waals surface area contributed by atoms with Gasteiger partial charge in [0.15, 0.2) is 0 Å². The van der Waals surface area contributed by atoms with Crippen molar-refractivity contribution in [3.8, 4) is 0 Å². The van der Waals surface area contributed by atoms with Crippen molar-refractivity contribution in [3.63, 3.8) is 0 Å². The number of aliphatic hydroxyl groups excluding tert-OH is 1. The lowest BCUT2D eigenvalue weighted by molar-refractivity contribution is 0.0816. The van der Waals surface area contributed by atoms with Crippen molar-refractivity contribution < 1.29 is 9.90 Å². The van der Waals surface area contributed by atoms with Crippen LogP contribution in [0, 0.1) is 5.92 Å². The molecule has 0 bridgehead atoms. The predicted octanol–water partition coefficient (Wildman–Crippen LogP) is 3.74. The van der Waals surface area contributed by atoms with Crippen LogP contribution in [0.4, 0.5) is 0 Å². The summed E-state index contributed by atoms with van der Waals surface area (Å²) < 4.78 is 1.68. The number of carbonyl (C=O) groups excluding carboxylic acids is 1. The van der Waals surface area contributed by atoms with Crippen molar-refractivity contribution in [3.05, 3.63) is 32.7 Å². The average Bonchev–Trinajstić information content (AvgIpc) is 2.36. The van der Waals surface area contributed by atoms with Crippen molar-refractivity contribution in [1.29, 1.82) is 0 Å². The summed E-state index contributed by atoms with van der Waals surface area (Å²) in [5, 5.41) is 12.8. The highest BCUT2D eigenvalue weighted by atomic mass is 79.9. The molecule has 0 fully saturated rings. The predicted molar refractivity (Wildman–Crippen MR) is 84.3 cm³/mol. The molecule has 0 saturated heterocycles. The van der Waals surface area contributed by atoms with Crippen LogP contribution < -0.4 is 5.32 Å². The van der Waals surface area contributed by atoms with E-state index in [1.54, 1.807) is 12.1 Å². The van der Waals surface area contributed by atoms with E-state index in [4.69, 9.17) is 0 Å². The molecule has 0 spiro atoms. The van der Waals surface area contributed by atoms with Gasteiger partial charge in [-0.05, 0) is 24.1 Å². The van der Waals surface area contributed by atoms with E-state index in [2.05, 4.69) is 37.2 Å². The zero-order chi connectivity index (χ0) is 14.4. The van der Waals surface area contributed by atoms with E-state index >= 15 is 0 Å². The molecule has 1 aromatic rings. The van der Waals surface area contributed by atoms with Crippen LogP contribution in [-0.2, 0) is 0 Å². The first-order valence-electron chi connectivity index (χ1n) is 6.40. The normalized spacial score (nSPS) is 12.5. The highest BCUT2D eigenvalue weighted by Crippen LogP contribution is 2.20. The first-order valence-corrected chi connectivity index (χ1v) is 7.98. The Morgan fingerprint density at radius 3 is 2.21 bits per heavy atom. The molecule has 0 aromatic heterocycles. The second kappa shape index (κ2) is 8.02. The Bertz CT molecular complexity index is 413. The summed E-state index contributed by atoms with van der Waals surface area (Å²) in [6, 6.07) is 5.38. The van der Waals surface area contributed by atoms with Crippen molar-refractivity contribution in [2.24, 2.45) is 5.92 Å². The number of amides is 1. The molecule has 1 amide bonds. The third-order valence-electron chi connectivity index (χ3n) is 3.19. The lowest BCUT2D eigenvalue weighted by Crippen LogP contribution is -2.36. The number of halogens is 2. The molecule has 0 aliphatic rings. The van der Waals surface area contributed by atoms with Crippen molar-refractivity contribution in [1.82, 2.24) is 5.32 Å². The molecule has 1 aromatic carbocycles. The number of carbonyl (C=O) groups is 1. The minimum atomic E-state index is -0.491. The van der Waals surface area contributed by atoms with Crippen molar-refractivity contribution in [2.45, 2.75) is 32.8 Å². The highest BCUT2D eigenvalue weighted by Gasteiger charge is 2.16. The average molecular weight is 393 g/mol. The molecule has 3 nitrogen and oxygen atoms in total. The van der Waals surface area contributed by atoms with Crippen LogP contribution in [0.1, 0.15) is 37.0 Å². The number of rotatable bonds is 6. The molecule has 0 heterocycles.